The molecule has 0 unspecified atom stereocenters. The molecule has 0 radical (unpaired) electrons. The van der Waals surface area contributed by atoms with Crippen molar-refractivity contribution in [2.75, 3.05) is 6.54 Å². The zero-order chi connectivity index (χ0) is 9.68. The van der Waals surface area contributed by atoms with Crippen molar-refractivity contribution in [3.63, 3.8) is 0 Å². The lowest BCUT2D eigenvalue weighted by molar-refractivity contribution is 0.145. The van der Waals surface area contributed by atoms with Gasteiger partial charge < -0.3 is 5.32 Å². The molecule has 4 heteroatoms. The van der Waals surface area contributed by atoms with Gasteiger partial charge >= 0.3 is 0 Å². The van der Waals surface area contributed by atoms with Crippen LogP contribution >= 0.6 is 11.3 Å². The predicted octanol–water partition coefficient (Wildman–Crippen LogP) is 2.67. The van der Waals surface area contributed by atoms with Gasteiger partial charge in [0.1, 0.15) is 0 Å². The molecule has 0 atom stereocenters. The highest BCUT2D eigenvalue weighted by Gasteiger charge is 2.04. The Balaban J connectivity index is 2.36. The molecule has 0 spiro atoms. The molecule has 0 aliphatic carbocycles. The molecule has 74 valence electrons. The summed E-state index contributed by atoms with van der Waals surface area (Å²) in [5.41, 5.74) is 1.26. The molecule has 1 heterocycles. The summed E-state index contributed by atoms with van der Waals surface area (Å²) in [7, 11) is 0. The van der Waals surface area contributed by atoms with Gasteiger partial charge in [-0.2, -0.15) is 0 Å². The Morgan fingerprint density at radius 1 is 1.54 bits per heavy atom. The average molecular weight is 205 g/mol. The van der Waals surface area contributed by atoms with E-state index in [0.29, 0.717) is 6.54 Å². The van der Waals surface area contributed by atoms with Crippen molar-refractivity contribution >= 4 is 11.3 Å². The van der Waals surface area contributed by atoms with E-state index in [1.807, 2.05) is 11.4 Å². The van der Waals surface area contributed by atoms with Crippen LogP contribution in [0, 0.1) is 0 Å². The molecule has 0 saturated heterocycles. The molecule has 0 aliphatic heterocycles. The maximum Gasteiger partial charge on any atom is 0.250 e. The van der Waals surface area contributed by atoms with Crippen molar-refractivity contribution in [3.8, 4) is 0 Å². The SMILES string of the molecule is CCc1ccsc1CNCC(F)F. The number of alkyl halides is 2. The number of nitrogens with one attached hydrogen (secondary N) is 1. The van der Waals surface area contributed by atoms with Crippen LogP contribution in [0.15, 0.2) is 11.4 Å². The Morgan fingerprint density at radius 3 is 2.92 bits per heavy atom. The summed E-state index contributed by atoms with van der Waals surface area (Å²) in [5, 5.41) is 4.72. The first-order chi connectivity index (χ1) is 6.24. The van der Waals surface area contributed by atoms with Crippen LogP contribution in [-0.2, 0) is 13.0 Å². The summed E-state index contributed by atoms with van der Waals surface area (Å²) in [5.74, 6) is 0. The van der Waals surface area contributed by atoms with E-state index in [1.54, 1.807) is 11.3 Å². The molecular formula is C9H13F2NS. The molecule has 1 rings (SSSR count). The molecule has 1 aromatic heterocycles. The van der Waals surface area contributed by atoms with E-state index in [0.717, 1.165) is 6.42 Å². The highest BCUT2D eigenvalue weighted by atomic mass is 32.1. The first-order valence-corrected chi connectivity index (χ1v) is 5.16. The fourth-order valence-corrected chi connectivity index (χ4v) is 2.08. The molecular weight excluding hydrogens is 192 g/mol. The van der Waals surface area contributed by atoms with E-state index in [9.17, 15) is 8.78 Å². The fourth-order valence-electron chi connectivity index (χ4n) is 1.13. The zero-order valence-electron chi connectivity index (χ0n) is 7.52. The monoisotopic (exact) mass is 205 g/mol. The van der Waals surface area contributed by atoms with Crippen LogP contribution in [0.3, 0.4) is 0 Å². The molecule has 0 bridgehead atoms. The Labute approximate surface area is 80.8 Å². The zero-order valence-corrected chi connectivity index (χ0v) is 8.33. The normalized spacial score (nSPS) is 11.1. The van der Waals surface area contributed by atoms with Crippen molar-refractivity contribution in [1.29, 1.82) is 0 Å². The number of hydrogen-bond acceptors (Lipinski definition) is 2. The number of aryl methyl sites for hydroxylation is 1. The summed E-state index contributed by atoms with van der Waals surface area (Å²) in [6.45, 7) is 2.41. The predicted molar refractivity (Wildman–Crippen MR) is 51.4 cm³/mol. The Hall–Kier alpha value is -0.480. The second-order valence-corrected chi connectivity index (χ2v) is 3.75. The lowest BCUT2D eigenvalue weighted by Gasteiger charge is -2.03. The number of rotatable bonds is 5. The minimum atomic E-state index is -2.26. The smallest absolute Gasteiger partial charge is 0.250 e. The third-order valence-corrected chi connectivity index (χ3v) is 2.77. The lowest BCUT2D eigenvalue weighted by Crippen LogP contribution is -2.20. The summed E-state index contributed by atoms with van der Waals surface area (Å²) >= 11 is 1.62. The second kappa shape index (κ2) is 5.29. The van der Waals surface area contributed by atoms with Gasteiger partial charge in [-0.25, -0.2) is 8.78 Å². The van der Waals surface area contributed by atoms with E-state index in [1.165, 1.54) is 10.4 Å². The highest BCUT2D eigenvalue weighted by molar-refractivity contribution is 7.10. The average Bonchev–Trinajstić information content (AvgIpc) is 2.51. The van der Waals surface area contributed by atoms with Gasteiger partial charge in [-0.05, 0) is 23.4 Å². The summed E-state index contributed by atoms with van der Waals surface area (Å²) in [6, 6.07) is 2.05. The molecule has 1 N–H and O–H groups in total. The molecule has 0 aliphatic rings. The number of hydrogen-bond donors (Lipinski definition) is 1. The third-order valence-electron chi connectivity index (χ3n) is 1.80. The number of halogens is 2. The van der Waals surface area contributed by atoms with E-state index in [-0.39, 0.29) is 6.54 Å². The first kappa shape index (κ1) is 10.6. The van der Waals surface area contributed by atoms with Crippen molar-refractivity contribution < 1.29 is 8.78 Å². The van der Waals surface area contributed by atoms with Crippen LogP contribution < -0.4 is 5.32 Å². The van der Waals surface area contributed by atoms with Gasteiger partial charge in [-0.15, -0.1) is 11.3 Å². The maximum atomic E-state index is 11.8. The van der Waals surface area contributed by atoms with Crippen LogP contribution in [0.2, 0.25) is 0 Å². The Morgan fingerprint density at radius 2 is 2.31 bits per heavy atom. The lowest BCUT2D eigenvalue weighted by atomic mass is 10.2. The molecule has 1 aromatic rings. The Bertz CT molecular complexity index is 248. The number of thiophene rings is 1. The maximum absolute atomic E-state index is 11.8. The van der Waals surface area contributed by atoms with E-state index < -0.39 is 6.43 Å². The van der Waals surface area contributed by atoms with Gasteiger partial charge in [0, 0.05) is 11.4 Å². The highest BCUT2D eigenvalue weighted by Crippen LogP contribution is 2.16. The quantitative estimate of drug-likeness (QED) is 0.779. The van der Waals surface area contributed by atoms with Gasteiger partial charge in [0.25, 0.3) is 6.43 Å². The molecule has 0 fully saturated rings. The topological polar surface area (TPSA) is 12.0 Å². The summed E-state index contributed by atoms with van der Waals surface area (Å²) in [6.07, 6.45) is -1.29. The first-order valence-electron chi connectivity index (χ1n) is 4.28. The van der Waals surface area contributed by atoms with Crippen molar-refractivity contribution in [2.45, 2.75) is 26.3 Å². The van der Waals surface area contributed by atoms with Gasteiger partial charge in [0.05, 0.1) is 6.54 Å². The largest absolute Gasteiger partial charge is 0.306 e. The minimum Gasteiger partial charge on any atom is -0.306 e. The second-order valence-electron chi connectivity index (χ2n) is 2.74. The van der Waals surface area contributed by atoms with Gasteiger partial charge in [0.2, 0.25) is 0 Å². The van der Waals surface area contributed by atoms with Crippen LogP contribution in [0.4, 0.5) is 8.78 Å². The van der Waals surface area contributed by atoms with Crippen LogP contribution in [0.5, 0.6) is 0 Å². The van der Waals surface area contributed by atoms with Crippen LogP contribution in [0.25, 0.3) is 0 Å². The molecule has 1 nitrogen and oxygen atoms in total. The molecule has 0 saturated carbocycles. The van der Waals surface area contributed by atoms with Crippen LogP contribution in [0.1, 0.15) is 17.4 Å². The van der Waals surface area contributed by atoms with E-state index >= 15 is 0 Å². The third kappa shape index (κ3) is 3.40. The van der Waals surface area contributed by atoms with Crippen molar-refractivity contribution in [1.82, 2.24) is 5.32 Å². The van der Waals surface area contributed by atoms with Crippen LogP contribution in [-0.4, -0.2) is 13.0 Å². The molecule has 0 amide bonds. The molecule has 13 heavy (non-hydrogen) atoms. The van der Waals surface area contributed by atoms with E-state index in [4.69, 9.17) is 0 Å². The standard InChI is InChI=1S/C9H13F2NS/c1-2-7-3-4-13-8(7)5-12-6-9(10)11/h3-4,9,12H,2,5-6H2,1H3. The minimum absolute atomic E-state index is 0.221. The van der Waals surface area contributed by atoms with Gasteiger partial charge in [0.15, 0.2) is 0 Å². The fraction of sp³-hybridized carbons (Fsp3) is 0.556. The van der Waals surface area contributed by atoms with Crippen molar-refractivity contribution in [3.05, 3.63) is 21.9 Å². The van der Waals surface area contributed by atoms with Gasteiger partial charge in [-0.1, -0.05) is 6.92 Å². The van der Waals surface area contributed by atoms with Crippen molar-refractivity contribution in [2.24, 2.45) is 0 Å². The van der Waals surface area contributed by atoms with E-state index in [2.05, 4.69) is 12.2 Å². The summed E-state index contributed by atoms with van der Waals surface area (Å²) in [4.78, 5) is 1.17. The molecule has 0 aromatic carbocycles. The van der Waals surface area contributed by atoms with Gasteiger partial charge in [-0.3, -0.25) is 0 Å². The Kier molecular flexibility index (Phi) is 4.32. The summed E-state index contributed by atoms with van der Waals surface area (Å²) < 4.78 is 23.6.